The number of nitrogens with zero attached hydrogens (tertiary/aromatic N) is 1. The number of Topliss-reactive ketones (excluding diaryl/α,β-unsaturated/α-hetero) is 1. The van der Waals surface area contributed by atoms with Crippen LogP contribution in [0.25, 0.3) is 0 Å². The number of allylic oxidation sites excluding steroid dienone is 1. The van der Waals surface area contributed by atoms with Crippen molar-refractivity contribution in [3.8, 4) is 5.75 Å². The molecule has 146 valence electrons. The third-order valence-corrected chi connectivity index (χ3v) is 4.56. The number of benzene rings is 2. The van der Waals surface area contributed by atoms with Gasteiger partial charge in [0.05, 0.1) is 29.0 Å². The zero-order chi connectivity index (χ0) is 20.8. The van der Waals surface area contributed by atoms with Crippen molar-refractivity contribution in [3.63, 3.8) is 0 Å². The molecule has 0 radical (unpaired) electrons. The summed E-state index contributed by atoms with van der Waals surface area (Å²) < 4.78 is 10.8. The summed E-state index contributed by atoms with van der Waals surface area (Å²) in [5.41, 5.74) is 0.854. The van der Waals surface area contributed by atoms with E-state index in [0.717, 1.165) is 4.90 Å². The van der Waals surface area contributed by atoms with Gasteiger partial charge in [-0.1, -0.05) is 30.3 Å². The summed E-state index contributed by atoms with van der Waals surface area (Å²) in [6, 6.07) is 13.8. The lowest BCUT2D eigenvalue weighted by Gasteiger charge is -2.24. The fourth-order valence-corrected chi connectivity index (χ4v) is 3.32. The Bertz CT molecular complexity index is 1050. The Morgan fingerprint density at radius 1 is 1.10 bits per heavy atom. The molecule has 1 atom stereocenters. The first kappa shape index (κ1) is 18.7. The van der Waals surface area contributed by atoms with Crippen molar-refractivity contribution in [1.82, 2.24) is 0 Å². The van der Waals surface area contributed by atoms with E-state index in [0.29, 0.717) is 22.6 Å². The van der Waals surface area contributed by atoms with Gasteiger partial charge in [-0.25, -0.2) is 9.69 Å². The lowest BCUT2D eigenvalue weighted by molar-refractivity contribution is -0.118. The second-order valence-corrected chi connectivity index (χ2v) is 7.80. The molecule has 0 spiro atoms. The van der Waals surface area contributed by atoms with E-state index in [4.69, 9.17) is 9.47 Å². The van der Waals surface area contributed by atoms with Crippen LogP contribution < -0.4 is 9.64 Å². The van der Waals surface area contributed by atoms with Crippen molar-refractivity contribution in [3.05, 3.63) is 77.9 Å². The molecular weight excluding hydrogens is 370 g/mol. The van der Waals surface area contributed by atoms with Gasteiger partial charge >= 0.3 is 6.09 Å². The Hall–Kier alpha value is -3.63. The van der Waals surface area contributed by atoms with Crippen LogP contribution in [-0.2, 0) is 9.53 Å². The molecule has 2 amide bonds. The van der Waals surface area contributed by atoms with Crippen LogP contribution in [0.15, 0.2) is 54.1 Å². The van der Waals surface area contributed by atoms with E-state index < -0.39 is 23.5 Å². The van der Waals surface area contributed by atoms with E-state index in [-0.39, 0.29) is 11.4 Å². The van der Waals surface area contributed by atoms with Gasteiger partial charge in [-0.2, -0.15) is 0 Å². The van der Waals surface area contributed by atoms with Crippen LogP contribution in [0.3, 0.4) is 0 Å². The molecular formula is C23H19NO5. The van der Waals surface area contributed by atoms with Crippen molar-refractivity contribution < 1.29 is 23.9 Å². The predicted octanol–water partition coefficient (Wildman–Crippen LogP) is 4.22. The average Bonchev–Trinajstić information content (AvgIpc) is 2.94. The van der Waals surface area contributed by atoms with Crippen molar-refractivity contribution in [2.75, 3.05) is 4.90 Å². The normalized spacial score (nSPS) is 17.6. The highest BCUT2D eigenvalue weighted by Gasteiger charge is 2.44. The molecule has 0 saturated carbocycles. The summed E-state index contributed by atoms with van der Waals surface area (Å²) in [5.74, 6) is -1.17. The number of para-hydroxylation sites is 2. The third-order valence-electron chi connectivity index (χ3n) is 4.56. The van der Waals surface area contributed by atoms with E-state index in [1.165, 1.54) is 6.42 Å². The molecule has 2 aromatic rings. The maximum absolute atomic E-state index is 13.1. The molecule has 0 aromatic heterocycles. The molecule has 6 heteroatoms. The number of carbonyl (C=O) groups excluding carboxylic acids is 3. The maximum Gasteiger partial charge on any atom is 0.421 e. The molecule has 29 heavy (non-hydrogen) atoms. The summed E-state index contributed by atoms with van der Waals surface area (Å²) in [4.78, 5) is 39.6. The summed E-state index contributed by atoms with van der Waals surface area (Å²) in [6.07, 6.45) is 3.35. The standard InChI is InChI=1S/C23H19NO5/c1-23(2,3)29-22(27)24-18-10-6-4-8-15(18)17(21(24)26)12-14-13-28-19-11-7-5-9-16(19)20(14)25/h4-12,17H,1-3H3/t17-/m1/s1. The molecule has 0 fully saturated rings. The van der Waals surface area contributed by atoms with E-state index in [1.54, 1.807) is 69.3 Å². The zero-order valence-electron chi connectivity index (χ0n) is 16.3. The summed E-state index contributed by atoms with van der Waals surface area (Å²) in [7, 11) is 0. The van der Waals surface area contributed by atoms with Gasteiger partial charge < -0.3 is 9.47 Å². The number of fused-ring (bicyclic) bond motifs is 2. The second kappa shape index (κ2) is 6.76. The molecule has 6 nitrogen and oxygen atoms in total. The second-order valence-electron chi connectivity index (χ2n) is 7.80. The van der Waals surface area contributed by atoms with E-state index >= 15 is 0 Å². The zero-order valence-corrected chi connectivity index (χ0v) is 16.3. The maximum atomic E-state index is 13.1. The Labute approximate surface area is 168 Å². The summed E-state index contributed by atoms with van der Waals surface area (Å²) >= 11 is 0. The van der Waals surface area contributed by atoms with Gasteiger partial charge in [0.25, 0.3) is 0 Å². The highest BCUT2D eigenvalue weighted by Crippen LogP contribution is 2.41. The number of amides is 2. The van der Waals surface area contributed by atoms with Crippen LogP contribution in [0.4, 0.5) is 10.5 Å². The molecule has 0 N–H and O–H groups in total. The number of ketones is 1. The van der Waals surface area contributed by atoms with Crippen LogP contribution in [0, 0.1) is 12.7 Å². The van der Waals surface area contributed by atoms with Crippen molar-refractivity contribution in [1.29, 1.82) is 0 Å². The number of anilines is 1. The molecule has 0 bridgehead atoms. The Balaban J connectivity index is 1.64. The first-order chi connectivity index (χ1) is 13.8. The molecule has 0 saturated heterocycles. The first-order valence-corrected chi connectivity index (χ1v) is 9.20. The Kier molecular flexibility index (Phi) is 4.36. The topological polar surface area (TPSA) is 72.9 Å². The Morgan fingerprint density at radius 2 is 1.79 bits per heavy atom. The lowest BCUT2D eigenvalue weighted by atomic mass is 9.89. The quantitative estimate of drug-likeness (QED) is 0.719. The van der Waals surface area contributed by atoms with Gasteiger partial charge in [0.15, 0.2) is 5.75 Å². The highest BCUT2D eigenvalue weighted by atomic mass is 16.6. The summed E-state index contributed by atoms with van der Waals surface area (Å²) in [5, 5.41) is 0. The minimum Gasteiger partial charge on any atom is -0.443 e. The van der Waals surface area contributed by atoms with E-state index in [2.05, 4.69) is 6.26 Å². The predicted molar refractivity (Wildman–Crippen MR) is 105 cm³/mol. The van der Waals surface area contributed by atoms with Gasteiger partial charge in [-0.05, 0) is 51.0 Å². The number of ether oxygens (including phenoxy) is 2. The molecule has 2 aromatic carbocycles. The van der Waals surface area contributed by atoms with Crippen molar-refractivity contribution >= 4 is 23.5 Å². The average molecular weight is 389 g/mol. The fourth-order valence-electron chi connectivity index (χ4n) is 3.32. The highest BCUT2D eigenvalue weighted by molar-refractivity contribution is 6.21. The smallest absolute Gasteiger partial charge is 0.421 e. The van der Waals surface area contributed by atoms with Crippen LogP contribution in [-0.4, -0.2) is 23.4 Å². The van der Waals surface area contributed by atoms with Crippen LogP contribution in [0.2, 0.25) is 0 Å². The third kappa shape index (κ3) is 3.35. The lowest BCUT2D eigenvalue weighted by Crippen LogP contribution is -2.39. The van der Waals surface area contributed by atoms with Gasteiger partial charge in [-0.3, -0.25) is 9.59 Å². The van der Waals surface area contributed by atoms with Gasteiger partial charge in [0.1, 0.15) is 5.60 Å². The van der Waals surface area contributed by atoms with E-state index in [1.807, 2.05) is 0 Å². The number of imide groups is 1. The van der Waals surface area contributed by atoms with Gasteiger partial charge in [0, 0.05) is 0 Å². The molecule has 4 rings (SSSR count). The number of hydrogen-bond acceptors (Lipinski definition) is 5. The molecule has 2 aliphatic rings. The van der Waals surface area contributed by atoms with Crippen LogP contribution in [0.5, 0.6) is 5.75 Å². The largest absolute Gasteiger partial charge is 0.443 e. The van der Waals surface area contributed by atoms with Crippen LogP contribution >= 0.6 is 0 Å². The SMILES string of the molecule is CC(C)(C)OC(=O)N1C(=O)[C@H]([CH-]C2=[C+]Oc3ccccc3C2=O)c2ccccc21. The fraction of sp³-hybridized carbons (Fsp3) is 0.217. The molecule has 0 unspecified atom stereocenters. The monoisotopic (exact) mass is 389 g/mol. The summed E-state index contributed by atoms with van der Waals surface area (Å²) in [6.45, 7) is 5.20. The molecule has 2 heterocycles. The van der Waals surface area contributed by atoms with Crippen LogP contribution in [0.1, 0.15) is 42.6 Å². The van der Waals surface area contributed by atoms with Gasteiger partial charge in [0.2, 0.25) is 11.7 Å². The number of rotatable bonds is 2. The van der Waals surface area contributed by atoms with Crippen molar-refractivity contribution in [2.45, 2.75) is 32.3 Å². The van der Waals surface area contributed by atoms with Gasteiger partial charge in [-0.15, -0.1) is 0 Å². The first-order valence-electron chi connectivity index (χ1n) is 9.20. The number of hydrogen-bond donors (Lipinski definition) is 0. The Morgan fingerprint density at radius 3 is 2.55 bits per heavy atom. The van der Waals surface area contributed by atoms with Crippen molar-refractivity contribution in [2.24, 2.45) is 0 Å². The number of carbonyl (C=O) groups is 3. The van der Waals surface area contributed by atoms with E-state index in [9.17, 15) is 14.4 Å². The minimum absolute atomic E-state index is 0.142. The minimum atomic E-state index is -0.820. The molecule has 0 aliphatic carbocycles. The molecule has 2 aliphatic heterocycles.